The van der Waals surface area contributed by atoms with E-state index in [2.05, 4.69) is 41.0 Å². The maximum absolute atomic E-state index is 6.08. The Labute approximate surface area is 126 Å². The van der Waals surface area contributed by atoms with E-state index in [1.54, 1.807) is 0 Å². The Morgan fingerprint density at radius 3 is 2.90 bits per heavy atom. The van der Waals surface area contributed by atoms with Crippen molar-refractivity contribution < 1.29 is 0 Å². The lowest BCUT2D eigenvalue weighted by molar-refractivity contribution is 0.641. The second-order valence-electron chi connectivity index (χ2n) is 5.12. The highest BCUT2D eigenvalue weighted by molar-refractivity contribution is 6.30. The van der Waals surface area contributed by atoms with Gasteiger partial charge in [-0.2, -0.15) is 0 Å². The molecule has 1 atom stereocenters. The van der Waals surface area contributed by atoms with Crippen molar-refractivity contribution >= 4 is 17.5 Å². The van der Waals surface area contributed by atoms with Gasteiger partial charge in [-0.1, -0.05) is 37.1 Å². The van der Waals surface area contributed by atoms with Crippen LogP contribution >= 0.6 is 11.6 Å². The monoisotopic (exact) mass is 291 g/mol. The second-order valence-corrected chi connectivity index (χ2v) is 5.56. The molecule has 1 heterocycles. The second kappa shape index (κ2) is 6.80. The fourth-order valence-corrected chi connectivity index (χ4v) is 2.44. The number of halogens is 1. The lowest BCUT2D eigenvalue weighted by Crippen LogP contribution is -2.12. The summed E-state index contributed by atoms with van der Waals surface area (Å²) in [5, 5.41) is 4.19. The highest BCUT2D eigenvalue weighted by Gasteiger charge is 2.13. The molecule has 0 aliphatic carbocycles. The van der Waals surface area contributed by atoms with Crippen LogP contribution in [0.3, 0.4) is 0 Å². The largest absolute Gasteiger partial charge is 0.356 e. The molecule has 0 fully saturated rings. The van der Waals surface area contributed by atoms with Gasteiger partial charge in [0.25, 0.3) is 0 Å². The number of imidazole rings is 1. The Morgan fingerprint density at radius 1 is 1.40 bits per heavy atom. The van der Waals surface area contributed by atoms with Gasteiger partial charge in [0.1, 0.15) is 0 Å². The number of aryl methyl sites for hydroxylation is 1. The fourth-order valence-electron chi connectivity index (χ4n) is 2.25. The molecule has 0 saturated heterocycles. The molecule has 1 aromatic heterocycles. The number of rotatable bonds is 6. The number of aromatic nitrogens is 2. The van der Waals surface area contributed by atoms with Crippen molar-refractivity contribution in [1.82, 2.24) is 9.55 Å². The van der Waals surface area contributed by atoms with Crippen molar-refractivity contribution in [1.29, 1.82) is 0 Å². The highest BCUT2D eigenvalue weighted by atomic mass is 35.5. The fraction of sp³-hybridized carbons (Fsp3) is 0.438. The van der Waals surface area contributed by atoms with E-state index in [0.29, 0.717) is 0 Å². The van der Waals surface area contributed by atoms with Crippen LogP contribution in [-0.2, 0) is 0 Å². The topological polar surface area (TPSA) is 29.9 Å². The zero-order valence-electron chi connectivity index (χ0n) is 12.4. The minimum atomic E-state index is 0.207. The maximum atomic E-state index is 6.08. The Hall–Kier alpha value is -1.48. The summed E-state index contributed by atoms with van der Waals surface area (Å²) in [5.74, 6) is 0.934. The lowest BCUT2D eigenvalue weighted by atomic mass is 10.1. The van der Waals surface area contributed by atoms with E-state index in [1.165, 1.54) is 12.0 Å². The normalized spacial score (nSPS) is 12.4. The summed E-state index contributed by atoms with van der Waals surface area (Å²) in [7, 11) is 0. The first-order valence-corrected chi connectivity index (χ1v) is 7.54. The molecule has 0 saturated carbocycles. The van der Waals surface area contributed by atoms with Crippen LogP contribution in [0.2, 0.25) is 5.02 Å². The van der Waals surface area contributed by atoms with Crippen LogP contribution in [0.25, 0.3) is 0 Å². The molecular formula is C16H22ClN3. The van der Waals surface area contributed by atoms with Crippen molar-refractivity contribution in [2.45, 2.75) is 39.7 Å². The van der Waals surface area contributed by atoms with E-state index < -0.39 is 0 Å². The molecule has 0 amide bonds. The number of nitrogens with zero attached hydrogens (tertiary/aromatic N) is 2. The van der Waals surface area contributed by atoms with E-state index >= 15 is 0 Å². The average Bonchev–Trinajstić information content (AvgIpc) is 2.79. The number of hydrogen-bond acceptors (Lipinski definition) is 2. The molecule has 0 aliphatic heterocycles. The molecule has 1 N–H and O–H groups in total. The van der Waals surface area contributed by atoms with Crippen LogP contribution in [-0.4, -0.2) is 16.1 Å². The first-order valence-electron chi connectivity index (χ1n) is 7.16. The number of anilines is 1. The molecule has 1 aromatic carbocycles. The van der Waals surface area contributed by atoms with Crippen LogP contribution in [0, 0.1) is 6.92 Å². The zero-order valence-corrected chi connectivity index (χ0v) is 13.1. The van der Waals surface area contributed by atoms with E-state index in [0.717, 1.165) is 29.6 Å². The molecule has 20 heavy (non-hydrogen) atoms. The van der Waals surface area contributed by atoms with Crippen LogP contribution in [0.15, 0.2) is 30.5 Å². The summed E-state index contributed by atoms with van der Waals surface area (Å²) in [5.41, 5.74) is 2.21. The summed E-state index contributed by atoms with van der Waals surface area (Å²) in [6.45, 7) is 7.33. The molecular weight excluding hydrogens is 270 g/mol. The van der Waals surface area contributed by atoms with Gasteiger partial charge in [0.2, 0.25) is 5.95 Å². The summed E-state index contributed by atoms with van der Waals surface area (Å²) in [6, 6.07) is 8.21. The van der Waals surface area contributed by atoms with E-state index in [-0.39, 0.29) is 6.04 Å². The van der Waals surface area contributed by atoms with Crippen LogP contribution in [0.1, 0.15) is 44.0 Å². The van der Waals surface area contributed by atoms with E-state index in [9.17, 15) is 0 Å². The Bertz CT molecular complexity index is 563. The Kier molecular flexibility index (Phi) is 5.07. The molecule has 0 bridgehead atoms. The molecule has 2 rings (SSSR count). The van der Waals surface area contributed by atoms with Crippen molar-refractivity contribution in [2.75, 3.05) is 11.9 Å². The molecule has 0 spiro atoms. The molecule has 0 aliphatic rings. The number of unbranched alkanes of at least 4 members (excludes halogenated alkanes) is 1. The smallest absolute Gasteiger partial charge is 0.203 e. The quantitative estimate of drug-likeness (QED) is 0.784. The molecule has 0 radical (unpaired) electrons. The third-order valence-corrected chi connectivity index (χ3v) is 3.65. The standard InChI is InChI=1S/C16H22ClN3/c1-4-5-9-18-16-19-12(2)11-20(16)13(3)14-7-6-8-15(17)10-14/h6-8,10-11,13H,4-5,9H2,1-3H3,(H,18,19). The SMILES string of the molecule is CCCCNc1nc(C)cn1C(C)c1cccc(Cl)c1. The molecule has 3 nitrogen and oxygen atoms in total. The molecule has 4 heteroatoms. The highest BCUT2D eigenvalue weighted by Crippen LogP contribution is 2.24. The van der Waals surface area contributed by atoms with Crippen LogP contribution in [0.4, 0.5) is 5.95 Å². The average molecular weight is 292 g/mol. The lowest BCUT2D eigenvalue weighted by Gasteiger charge is -2.17. The summed E-state index contributed by atoms with van der Waals surface area (Å²) in [6.07, 6.45) is 4.41. The van der Waals surface area contributed by atoms with Gasteiger partial charge in [-0.3, -0.25) is 0 Å². The van der Waals surface area contributed by atoms with Gasteiger partial charge in [-0.25, -0.2) is 4.98 Å². The van der Waals surface area contributed by atoms with Crippen molar-refractivity contribution in [3.63, 3.8) is 0 Å². The van der Waals surface area contributed by atoms with Gasteiger partial charge < -0.3 is 9.88 Å². The Balaban J connectivity index is 2.22. The third kappa shape index (κ3) is 3.54. The van der Waals surface area contributed by atoms with Gasteiger partial charge in [0, 0.05) is 17.8 Å². The Morgan fingerprint density at radius 2 is 2.20 bits per heavy atom. The number of nitrogens with one attached hydrogen (secondary N) is 1. The van der Waals surface area contributed by atoms with Gasteiger partial charge in [-0.05, 0) is 38.0 Å². The molecule has 1 unspecified atom stereocenters. The first-order chi connectivity index (χ1) is 9.61. The zero-order chi connectivity index (χ0) is 14.5. The molecule has 2 aromatic rings. The third-order valence-electron chi connectivity index (χ3n) is 3.41. The minimum absolute atomic E-state index is 0.207. The predicted molar refractivity (Wildman–Crippen MR) is 85.6 cm³/mol. The minimum Gasteiger partial charge on any atom is -0.356 e. The summed E-state index contributed by atoms with van der Waals surface area (Å²) < 4.78 is 2.18. The van der Waals surface area contributed by atoms with Crippen LogP contribution < -0.4 is 5.32 Å². The summed E-state index contributed by atoms with van der Waals surface area (Å²) >= 11 is 6.08. The van der Waals surface area contributed by atoms with E-state index in [4.69, 9.17) is 11.6 Å². The van der Waals surface area contributed by atoms with Gasteiger partial charge in [0.15, 0.2) is 0 Å². The summed E-state index contributed by atoms with van der Waals surface area (Å²) in [4.78, 5) is 4.57. The van der Waals surface area contributed by atoms with Crippen molar-refractivity contribution in [2.24, 2.45) is 0 Å². The van der Waals surface area contributed by atoms with Gasteiger partial charge >= 0.3 is 0 Å². The van der Waals surface area contributed by atoms with Crippen LogP contribution in [0.5, 0.6) is 0 Å². The predicted octanol–water partition coefficient (Wildman–Crippen LogP) is 4.67. The van der Waals surface area contributed by atoms with Gasteiger partial charge in [-0.15, -0.1) is 0 Å². The molecule has 108 valence electrons. The maximum Gasteiger partial charge on any atom is 0.203 e. The first kappa shape index (κ1) is 14.9. The van der Waals surface area contributed by atoms with Crippen molar-refractivity contribution in [3.05, 3.63) is 46.7 Å². The van der Waals surface area contributed by atoms with E-state index in [1.807, 2.05) is 25.1 Å². The number of benzene rings is 1. The van der Waals surface area contributed by atoms with Crippen molar-refractivity contribution in [3.8, 4) is 0 Å². The number of hydrogen-bond donors (Lipinski definition) is 1. The van der Waals surface area contributed by atoms with Gasteiger partial charge in [0.05, 0.1) is 11.7 Å².